The van der Waals surface area contributed by atoms with Crippen LogP contribution in [0, 0.1) is 23.6 Å². The zero-order valence-electron chi connectivity index (χ0n) is 23.3. The summed E-state index contributed by atoms with van der Waals surface area (Å²) >= 11 is 0. The topological polar surface area (TPSA) is 102 Å². The third kappa shape index (κ3) is 9.07. The number of likely N-dealkylation sites (N-methyl/N-ethyl adjacent to an activating group) is 2. The molecular weight excluding hydrogens is 497 g/mol. The molecule has 2 amide bonds. The van der Waals surface area contributed by atoms with E-state index < -0.39 is 6.04 Å². The highest BCUT2D eigenvalue weighted by molar-refractivity contribution is 5.92. The van der Waals surface area contributed by atoms with Gasteiger partial charge in [0.1, 0.15) is 17.7 Å². The molecule has 0 spiro atoms. The molecule has 9 nitrogen and oxygen atoms in total. The van der Waals surface area contributed by atoms with Crippen LogP contribution >= 0.6 is 0 Å². The quantitative estimate of drug-likeness (QED) is 0.299. The predicted molar refractivity (Wildman–Crippen MR) is 152 cm³/mol. The highest BCUT2D eigenvalue weighted by atomic mass is 19.1. The first-order chi connectivity index (χ1) is 18.7. The van der Waals surface area contributed by atoms with Crippen molar-refractivity contribution >= 4 is 29.3 Å². The standard InChI is InChI=1S/C29H38FN7O2/c1-6-15-31-27-22(19-32-29(35-27)34-24-13-11-23(30)12-14-24)10-9-21-17-25(18-21)33-28(39)20(2)37(5)26(38)8-7-16-36(3)4/h7-8,11-14,19-21,25H,6,15-18H2,1-5H3,(H,33,39)(H2,31,32,34,35)/b8-7+/t20-,21-,25+/m0/s1. The maximum Gasteiger partial charge on any atom is 0.246 e. The molecule has 1 heterocycles. The Morgan fingerprint density at radius 1 is 1.21 bits per heavy atom. The number of carbonyl (C=O) groups excluding carboxylic acids is 2. The van der Waals surface area contributed by atoms with Crippen LogP contribution < -0.4 is 16.0 Å². The normalized spacial score (nSPS) is 17.1. The lowest BCUT2D eigenvalue weighted by atomic mass is 9.80. The highest BCUT2D eigenvalue weighted by Gasteiger charge is 2.31. The van der Waals surface area contributed by atoms with Crippen LogP contribution in [0.3, 0.4) is 0 Å². The van der Waals surface area contributed by atoms with Crippen molar-refractivity contribution in [2.75, 3.05) is 44.9 Å². The number of amides is 2. The molecule has 1 aromatic heterocycles. The van der Waals surface area contributed by atoms with Gasteiger partial charge in [0.05, 0.1) is 11.8 Å². The van der Waals surface area contributed by atoms with Crippen LogP contribution in [0.5, 0.6) is 0 Å². The Morgan fingerprint density at radius 2 is 1.92 bits per heavy atom. The van der Waals surface area contributed by atoms with Crippen molar-refractivity contribution in [3.8, 4) is 11.8 Å². The molecule has 1 atom stereocenters. The number of carbonyl (C=O) groups is 2. The summed E-state index contributed by atoms with van der Waals surface area (Å²) in [6, 6.07) is 5.45. The van der Waals surface area contributed by atoms with Crippen molar-refractivity contribution in [1.29, 1.82) is 0 Å². The second-order valence-corrected chi connectivity index (χ2v) is 9.95. The number of nitrogens with zero attached hydrogens (tertiary/aromatic N) is 4. The summed E-state index contributed by atoms with van der Waals surface area (Å²) in [5.41, 5.74) is 1.38. The molecule has 0 radical (unpaired) electrons. The van der Waals surface area contributed by atoms with Crippen LogP contribution in [0.25, 0.3) is 0 Å². The third-order valence-corrected chi connectivity index (χ3v) is 6.37. The Bertz CT molecular complexity index is 1210. The molecule has 208 valence electrons. The average molecular weight is 536 g/mol. The minimum Gasteiger partial charge on any atom is -0.369 e. The van der Waals surface area contributed by atoms with Gasteiger partial charge >= 0.3 is 0 Å². The maximum atomic E-state index is 13.2. The van der Waals surface area contributed by atoms with Gasteiger partial charge in [-0.1, -0.05) is 24.8 Å². The van der Waals surface area contributed by atoms with Gasteiger partial charge in [-0.2, -0.15) is 4.98 Å². The molecule has 3 rings (SSSR count). The summed E-state index contributed by atoms with van der Waals surface area (Å²) in [6.45, 7) is 5.18. The van der Waals surface area contributed by atoms with Gasteiger partial charge in [0.25, 0.3) is 0 Å². The largest absolute Gasteiger partial charge is 0.369 e. The van der Waals surface area contributed by atoms with E-state index in [9.17, 15) is 14.0 Å². The fourth-order valence-corrected chi connectivity index (χ4v) is 3.78. The van der Waals surface area contributed by atoms with Crippen molar-refractivity contribution in [1.82, 2.24) is 25.1 Å². The average Bonchev–Trinajstić information content (AvgIpc) is 2.89. The zero-order valence-corrected chi connectivity index (χ0v) is 23.3. The first-order valence-corrected chi connectivity index (χ1v) is 13.2. The Kier molecular flexibility index (Phi) is 10.8. The summed E-state index contributed by atoms with van der Waals surface area (Å²) < 4.78 is 13.2. The number of aromatic nitrogens is 2. The lowest BCUT2D eigenvalue weighted by molar-refractivity contribution is -0.135. The van der Waals surface area contributed by atoms with Gasteiger partial charge in [0, 0.05) is 43.9 Å². The van der Waals surface area contributed by atoms with E-state index in [1.807, 2.05) is 19.0 Å². The van der Waals surface area contributed by atoms with Gasteiger partial charge < -0.3 is 25.8 Å². The van der Waals surface area contributed by atoms with E-state index in [4.69, 9.17) is 0 Å². The van der Waals surface area contributed by atoms with Gasteiger partial charge in [-0.05, 0) is 64.5 Å². The fourth-order valence-electron chi connectivity index (χ4n) is 3.78. The molecule has 0 saturated heterocycles. The van der Waals surface area contributed by atoms with Gasteiger partial charge in [0.15, 0.2) is 0 Å². The van der Waals surface area contributed by atoms with Crippen molar-refractivity contribution in [3.63, 3.8) is 0 Å². The number of rotatable bonds is 11. The van der Waals surface area contributed by atoms with Gasteiger partial charge in [-0.25, -0.2) is 9.37 Å². The number of hydrogen-bond donors (Lipinski definition) is 3. The lowest BCUT2D eigenvalue weighted by Gasteiger charge is -2.34. The Hall–Kier alpha value is -3.97. The molecule has 10 heteroatoms. The molecule has 0 aliphatic heterocycles. The highest BCUT2D eigenvalue weighted by Crippen LogP contribution is 2.27. The van der Waals surface area contributed by atoms with Gasteiger partial charge in [0.2, 0.25) is 17.8 Å². The third-order valence-electron chi connectivity index (χ3n) is 6.37. The number of hydrogen-bond acceptors (Lipinski definition) is 7. The van der Waals surface area contributed by atoms with E-state index >= 15 is 0 Å². The number of halogens is 1. The van der Waals surface area contributed by atoms with Crippen LogP contribution in [0.15, 0.2) is 42.6 Å². The van der Waals surface area contributed by atoms with Crippen LogP contribution in [-0.4, -0.2) is 77.9 Å². The SMILES string of the molecule is CCCNc1nc(Nc2ccc(F)cc2)ncc1C#C[C@H]1C[C@@H](NC(=O)[C@H](C)N(C)C(=O)/C=C/CN(C)C)C1. The molecule has 3 N–H and O–H groups in total. The summed E-state index contributed by atoms with van der Waals surface area (Å²) in [6.07, 6.45) is 7.36. The van der Waals surface area contributed by atoms with Crippen molar-refractivity contribution in [3.05, 3.63) is 54.0 Å². The predicted octanol–water partition coefficient (Wildman–Crippen LogP) is 3.39. The first kappa shape index (κ1) is 29.6. The summed E-state index contributed by atoms with van der Waals surface area (Å²) in [4.78, 5) is 37.3. The Labute approximate surface area is 230 Å². The van der Waals surface area contributed by atoms with E-state index in [1.165, 1.54) is 23.1 Å². The monoisotopic (exact) mass is 535 g/mol. The van der Waals surface area contributed by atoms with E-state index in [2.05, 4.69) is 44.7 Å². The molecule has 2 aromatic rings. The minimum atomic E-state index is -0.571. The van der Waals surface area contributed by atoms with Crippen LogP contribution in [-0.2, 0) is 9.59 Å². The van der Waals surface area contributed by atoms with Crippen LogP contribution in [0.4, 0.5) is 21.8 Å². The number of nitrogens with one attached hydrogen (secondary N) is 3. The minimum absolute atomic E-state index is 0.0308. The van der Waals surface area contributed by atoms with Gasteiger partial charge in [-0.3, -0.25) is 9.59 Å². The second-order valence-electron chi connectivity index (χ2n) is 9.95. The van der Waals surface area contributed by atoms with Crippen molar-refractivity contribution < 1.29 is 14.0 Å². The molecule has 1 aromatic carbocycles. The van der Waals surface area contributed by atoms with Crippen molar-refractivity contribution in [2.24, 2.45) is 5.92 Å². The molecule has 1 saturated carbocycles. The maximum absolute atomic E-state index is 13.2. The number of benzene rings is 1. The van der Waals surface area contributed by atoms with E-state index in [1.54, 1.807) is 38.4 Å². The molecule has 39 heavy (non-hydrogen) atoms. The summed E-state index contributed by atoms with van der Waals surface area (Å²) in [7, 11) is 5.48. The summed E-state index contributed by atoms with van der Waals surface area (Å²) in [5, 5.41) is 9.40. The lowest BCUT2D eigenvalue weighted by Crippen LogP contribution is -2.51. The smallest absolute Gasteiger partial charge is 0.246 e. The Balaban J connectivity index is 1.54. The zero-order chi connectivity index (χ0) is 28.4. The fraction of sp³-hybridized carbons (Fsp3) is 0.448. The molecule has 0 unspecified atom stereocenters. The molecule has 1 aliphatic carbocycles. The van der Waals surface area contributed by atoms with E-state index in [0.717, 1.165) is 25.8 Å². The second kappa shape index (κ2) is 14.3. The first-order valence-electron chi connectivity index (χ1n) is 13.2. The Morgan fingerprint density at radius 3 is 2.59 bits per heavy atom. The summed E-state index contributed by atoms with van der Waals surface area (Å²) in [5.74, 6) is 6.95. The van der Waals surface area contributed by atoms with Crippen LogP contribution in [0.2, 0.25) is 0 Å². The van der Waals surface area contributed by atoms with E-state index in [-0.39, 0.29) is 29.6 Å². The van der Waals surface area contributed by atoms with Crippen molar-refractivity contribution in [2.45, 2.75) is 45.2 Å². The van der Waals surface area contributed by atoms with Gasteiger partial charge in [-0.15, -0.1) is 0 Å². The number of anilines is 3. The molecule has 0 bridgehead atoms. The van der Waals surface area contributed by atoms with Crippen LogP contribution in [0.1, 0.15) is 38.7 Å². The molecular formula is C29H38FN7O2. The molecule has 1 fully saturated rings. The van der Waals surface area contributed by atoms with E-state index in [0.29, 0.717) is 29.6 Å². The molecule has 1 aliphatic rings.